The first-order chi connectivity index (χ1) is 12.7. The average molecular weight is 345 g/mol. The number of hydrogen-bond acceptors (Lipinski definition) is 3. The summed E-state index contributed by atoms with van der Waals surface area (Å²) in [6, 6.07) is 19.5. The van der Waals surface area contributed by atoms with E-state index in [1.165, 1.54) is 18.2 Å². The van der Waals surface area contributed by atoms with E-state index in [2.05, 4.69) is 30.1 Å². The van der Waals surface area contributed by atoms with Crippen molar-refractivity contribution in [2.45, 2.75) is 43.9 Å². The molecule has 3 heteroatoms. The molecule has 3 aromatic carbocycles. The van der Waals surface area contributed by atoms with E-state index in [1.807, 2.05) is 36.4 Å². The van der Waals surface area contributed by atoms with Crippen LogP contribution < -0.4 is 0 Å². The Kier molecular flexibility index (Phi) is 3.71. The largest absolute Gasteiger partial charge is 0.459 e. The number of piperidine rings is 1. The maximum atomic E-state index is 13.1. The molecule has 1 unspecified atom stereocenters. The summed E-state index contributed by atoms with van der Waals surface area (Å²) in [5.74, 6) is -0.180. The lowest BCUT2D eigenvalue weighted by Crippen LogP contribution is -2.43. The lowest BCUT2D eigenvalue weighted by atomic mass is 9.97. The number of fused-ring (bicyclic) bond motifs is 5. The first-order valence-corrected chi connectivity index (χ1v) is 9.54. The Balaban J connectivity index is 1.51. The van der Waals surface area contributed by atoms with Crippen LogP contribution in [0.3, 0.4) is 0 Å². The van der Waals surface area contributed by atoms with E-state index < -0.39 is 0 Å². The molecule has 2 fully saturated rings. The molecule has 2 aliphatic heterocycles. The molecule has 2 bridgehead atoms. The van der Waals surface area contributed by atoms with Gasteiger partial charge in [-0.2, -0.15) is 0 Å². The second-order valence-electron chi connectivity index (χ2n) is 7.74. The topological polar surface area (TPSA) is 29.5 Å². The summed E-state index contributed by atoms with van der Waals surface area (Å²) in [5, 5.41) is 4.35. The van der Waals surface area contributed by atoms with Crippen LogP contribution in [-0.2, 0) is 4.74 Å². The molecule has 2 saturated heterocycles. The lowest BCUT2D eigenvalue weighted by Gasteiger charge is -2.35. The molecule has 3 atom stereocenters. The third-order valence-corrected chi connectivity index (χ3v) is 6.32. The number of rotatable bonds is 2. The maximum absolute atomic E-state index is 13.1. The number of hydrogen-bond donors (Lipinski definition) is 0. The molecule has 0 amide bonds. The van der Waals surface area contributed by atoms with E-state index >= 15 is 0 Å². The first-order valence-electron chi connectivity index (χ1n) is 9.54. The van der Waals surface area contributed by atoms with Crippen molar-refractivity contribution in [2.75, 3.05) is 7.05 Å². The maximum Gasteiger partial charge on any atom is 0.339 e. The number of nitrogens with zero attached hydrogens (tertiary/aromatic N) is 1. The minimum atomic E-state index is -0.180. The number of carbonyl (C=O) groups is 1. The van der Waals surface area contributed by atoms with Crippen LogP contribution in [0.5, 0.6) is 0 Å². The van der Waals surface area contributed by atoms with Gasteiger partial charge in [0, 0.05) is 24.9 Å². The minimum Gasteiger partial charge on any atom is -0.459 e. The van der Waals surface area contributed by atoms with E-state index in [4.69, 9.17) is 4.74 Å². The van der Waals surface area contributed by atoms with Gasteiger partial charge in [0.05, 0.1) is 5.56 Å². The Hall–Kier alpha value is -2.39. The molecular formula is C23H23NO2. The van der Waals surface area contributed by atoms with Gasteiger partial charge in [-0.15, -0.1) is 0 Å². The number of carbonyl (C=O) groups excluding carboxylic acids is 1. The van der Waals surface area contributed by atoms with Crippen molar-refractivity contribution < 1.29 is 9.53 Å². The smallest absolute Gasteiger partial charge is 0.339 e. The van der Waals surface area contributed by atoms with Crippen molar-refractivity contribution in [1.29, 1.82) is 0 Å². The molecule has 0 radical (unpaired) electrons. The molecule has 132 valence electrons. The fourth-order valence-electron chi connectivity index (χ4n) is 4.90. The molecular weight excluding hydrogens is 322 g/mol. The highest BCUT2D eigenvalue weighted by atomic mass is 16.5. The van der Waals surface area contributed by atoms with Gasteiger partial charge in [-0.3, -0.25) is 0 Å². The summed E-state index contributed by atoms with van der Waals surface area (Å²) >= 11 is 0. The second-order valence-corrected chi connectivity index (χ2v) is 7.74. The van der Waals surface area contributed by atoms with Crippen LogP contribution in [-0.4, -0.2) is 36.1 Å². The fourth-order valence-corrected chi connectivity index (χ4v) is 4.90. The summed E-state index contributed by atoms with van der Waals surface area (Å²) in [4.78, 5) is 15.5. The van der Waals surface area contributed by atoms with Crippen LogP contribution in [0.25, 0.3) is 21.5 Å². The fraction of sp³-hybridized carbons (Fsp3) is 0.348. The predicted octanol–water partition coefficient (Wildman–Crippen LogP) is 4.78. The molecule has 3 aromatic rings. The van der Waals surface area contributed by atoms with E-state index in [0.29, 0.717) is 17.6 Å². The van der Waals surface area contributed by atoms with Crippen LogP contribution >= 0.6 is 0 Å². The van der Waals surface area contributed by atoms with Crippen LogP contribution in [0.2, 0.25) is 0 Å². The summed E-state index contributed by atoms with van der Waals surface area (Å²) in [6.45, 7) is 0. The number of esters is 1. The van der Waals surface area contributed by atoms with E-state index in [-0.39, 0.29) is 12.1 Å². The van der Waals surface area contributed by atoms with Crippen LogP contribution in [0.1, 0.15) is 36.0 Å². The van der Waals surface area contributed by atoms with Crippen molar-refractivity contribution in [3.63, 3.8) is 0 Å². The quantitative estimate of drug-likeness (QED) is 0.495. The molecule has 0 saturated carbocycles. The third-order valence-electron chi connectivity index (χ3n) is 6.32. The molecule has 2 aliphatic rings. The van der Waals surface area contributed by atoms with Crippen molar-refractivity contribution in [1.82, 2.24) is 4.90 Å². The van der Waals surface area contributed by atoms with Crippen LogP contribution in [0.15, 0.2) is 54.6 Å². The molecule has 0 aromatic heterocycles. The zero-order valence-electron chi connectivity index (χ0n) is 15.0. The Labute approximate surface area is 153 Å². The van der Waals surface area contributed by atoms with Crippen molar-refractivity contribution in [3.05, 3.63) is 60.2 Å². The molecule has 0 spiro atoms. The van der Waals surface area contributed by atoms with Crippen LogP contribution in [0.4, 0.5) is 0 Å². The second kappa shape index (κ2) is 6.10. The van der Waals surface area contributed by atoms with Gasteiger partial charge in [-0.25, -0.2) is 4.79 Å². The van der Waals surface area contributed by atoms with Gasteiger partial charge in [-0.05, 0) is 47.5 Å². The summed E-state index contributed by atoms with van der Waals surface area (Å²) in [7, 11) is 2.21. The number of benzene rings is 3. The lowest BCUT2D eigenvalue weighted by molar-refractivity contribution is -0.000250. The van der Waals surface area contributed by atoms with E-state index in [1.54, 1.807) is 0 Å². The van der Waals surface area contributed by atoms with Gasteiger partial charge >= 0.3 is 5.97 Å². The molecule has 2 heterocycles. The van der Waals surface area contributed by atoms with Crippen molar-refractivity contribution in [2.24, 2.45) is 0 Å². The first kappa shape index (κ1) is 15.8. The van der Waals surface area contributed by atoms with Crippen molar-refractivity contribution in [3.8, 4) is 0 Å². The van der Waals surface area contributed by atoms with Gasteiger partial charge in [0.25, 0.3) is 0 Å². The summed E-state index contributed by atoms with van der Waals surface area (Å²) < 4.78 is 6.00. The Bertz CT molecular complexity index is 982. The van der Waals surface area contributed by atoms with E-state index in [0.717, 1.165) is 29.0 Å². The van der Waals surface area contributed by atoms with Crippen LogP contribution in [0, 0.1) is 0 Å². The average Bonchev–Trinajstić information content (AvgIpc) is 2.88. The molecule has 26 heavy (non-hydrogen) atoms. The zero-order valence-corrected chi connectivity index (χ0v) is 15.0. The Morgan fingerprint density at radius 3 is 2.27 bits per heavy atom. The predicted molar refractivity (Wildman–Crippen MR) is 104 cm³/mol. The highest BCUT2D eigenvalue weighted by Crippen LogP contribution is 2.36. The van der Waals surface area contributed by atoms with Gasteiger partial charge < -0.3 is 9.64 Å². The number of ether oxygens (including phenoxy) is 1. The monoisotopic (exact) mass is 345 g/mol. The minimum absolute atomic E-state index is 0.0430. The van der Waals surface area contributed by atoms with Crippen molar-refractivity contribution >= 4 is 27.5 Å². The summed E-state index contributed by atoms with van der Waals surface area (Å²) in [5.41, 5.74) is 0.686. The van der Waals surface area contributed by atoms with Gasteiger partial charge in [-0.1, -0.05) is 48.5 Å². The Morgan fingerprint density at radius 1 is 0.923 bits per heavy atom. The Morgan fingerprint density at radius 2 is 1.54 bits per heavy atom. The van der Waals surface area contributed by atoms with Gasteiger partial charge in [0.15, 0.2) is 0 Å². The standard InChI is InChI=1S/C23H23NO2/c1-24-16-10-11-17(24)14-18(13-16)26-23(25)22-12-15-6-2-3-7-19(15)20-8-4-5-9-21(20)22/h2-9,12,16-18H,10-11,13-14H2,1H3/t16-,17+,18?. The molecule has 0 aliphatic carbocycles. The third kappa shape index (κ3) is 2.50. The molecule has 0 N–H and O–H groups in total. The molecule has 5 rings (SSSR count). The van der Waals surface area contributed by atoms with Gasteiger partial charge in [0.2, 0.25) is 0 Å². The highest BCUT2D eigenvalue weighted by molar-refractivity contribution is 6.16. The SMILES string of the molecule is CN1[C@@H]2CC[C@H]1CC(OC(=O)c1cc3ccccc3c3ccccc13)C2. The van der Waals surface area contributed by atoms with Gasteiger partial charge in [0.1, 0.15) is 6.10 Å². The highest BCUT2D eigenvalue weighted by Gasteiger charge is 2.40. The summed E-state index contributed by atoms with van der Waals surface area (Å²) in [6.07, 6.45) is 4.43. The normalized spacial score (nSPS) is 25.7. The zero-order chi connectivity index (χ0) is 17.7. The molecule has 3 nitrogen and oxygen atoms in total. The van der Waals surface area contributed by atoms with E-state index in [9.17, 15) is 4.79 Å².